The predicted molar refractivity (Wildman–Crippen MR) is 135 cm³/mol. The van der Waals surface area contributed by atoms with Crippen molar-refractivity contribution in [3.05, 3.63) is 71.9 Å². The summed E-state index contributed by atoms with van der Waals surface area (Å²) in [7, 11) is 0. The molecule has 3 aromatic rings. The molecule has 0 saturated heterocycles. The number of aromatic nitrogens is 1. The van der Waals surface area contributed by atoms with Gasteiger partial charge in [-0.2, -0.15) is 0 Å². The minimum absolute atomic E-state index is 0.171. The van der Waals surface area contributed by atoms with E-state index in [1.807, 2.05) is 12.1 Å². The zero-order valence-electron chi connectivity index (χ0n) is 20.9. The second kappa shape index (κ2) is 10.7. The number of halogens is 3. The van der Waals surface area contributed by atoms with Crippen molar-refractivity contribution in [2.75, 3.05) is 23.7 Å². The van der Waals surface area contributed by atoms with Gasteiger partial charge in [0, 0.05) is 37.1 Å². The van der Waals surface area contributed by atoms with Crippen molar-refractivity contribution in [3.63, 3.8) is 0 Å². The van der Waals surface area contributed by atoms with Crippen molar-refractivity contribution in [2.24, 2.45) is 5.41 Å². The van der Waals surface area contributed by atoms with Gasteiger partial charge in [-0.05, 0) is 59.9 Å². The monoisotopic (exact) mass is 514 g/mol. The standard InChI is InChI=1S/C27H29F3N4O3/c1-26(2,3)17-34-15-13-18-6-4-8-23(21(18)16-34)36-24-22(7-5-14-31-24)33-25(35)32-19-9-11-20(12-10-19)37-27(28,29)30/h4-12,14H,13,15-17H2,1-3H3,(H2,32,33,35). The first kappa shape index (κ1) is 26.3. The molecular weight excluding hydrogens is 485 g/mol. The van der Waals surface area contributed by atoms with Crippen molar-refractivity contribution in [3.8, 4) is 17.4 Å². The van der Waals surface area contributed by atoms with E-state index in [1.54, 1.807) is 18.3 Å². The fraction of sp³-hybridized carbons (Fsp3) is 0.333. The van der Waals surface area contributed by atoms with Crippen LogP contribution in [0.3, 0.4) is 0 Å². The molecule has 1 aromatic heterocycles. The van der Waals surface area contributed by atoms with E-state index in [1.165, 1.54) is 17.7 Å². The summed E-state index contributed by atoms with van der Waals surface area (Å²) in [6.07, 6.45) is -2.30. The van der Waals surface area contributed by atoms with Crippen molar-refractivity contribution in [2.45, 2.75) is 40.1 Å². The van der Waals surface area contributed by atoms with Gasteiger partial charge in [-0.25, -0.2) is 9.78 Å². The van der Waals surface area contributed by atoms with Gasteiger partial charge in [0.05, 0.1) is 0 Å². The second-order valence-corrected chi connectivity index (χ2v) is 10.0. The number of amides is 2. The maximum atomic E-state index is 12.6. The van der Waals surface area contributed by atoms with E-state index in [2.05, 4.69) is 52.1 Å². The number of nitrogens with zero attached hydrogens (tertiary/aromatic N) is 2. The third kappa shape index (κ3) is 7.60. The highest BCUT2D eigenvalue weighted by Gasteiger charge is 2.31. The number of carbonyl (C=O) groups excluding carboxylic acids is 1. The van der Waals surface area contributed by atoms with Gasteiger partial charge in [0.15, 0.2) is 0 Å². The molecule has 7 nitrogen and oxygen atoms in total. The van der Waals surface area contributed by atoms with E-state index >= 15 is 0 Å². The lowest BCUT2D eigenvalue weighted by Gasteiger charge is -2.34. The zero-order valence-corrected chi connectivity index (χ0v) is 20.9. The molecule has 196 valence electrons. The third-order valence-electron chi connectivity index (χ3n) is 5.58. The summed E-state index contributed by atoms with van der Waals surface area (Å²) in [5, 5.41) is 5.26. The number of urea groups is 1. The molecule has 2 heterocycles. The number of carbonyl (C=O) groups is 1. The van der Waals surface area contributed by atoms with Gasteiger partial charge in [0.2, 0.25) is 5.88 Å². The van der Waals surface area contributed by atoms with Crippen LogP contribution in [0.4, 0.5) is 29.3 Å². The third-order valence-corrected chi connectivity index (χ3v) is 5.58. The highest BCUT2D eigenvalue weighted by molar-refractivity contribution is 6.00. The number of nitrogens with one attached hydrogen (secondary N) is 2. The Morgan fingerprint density at radius 3 is 2.49 bits per heavy atom. The van der Waals surface area contributed by atoms with Crippen LogP contribution >= 0.6 is 0 Å². The van der Waals surface area contributed by atoms with Crippen LogP contribution in [0.15, 0.2) is 60.8 Å². The number of hydrogen-bond acceptors (Lipinski definition) is 5. The molecule has 4 rings (SSSR count). The number of rotatable bonds is 6. The minimum Gasteiger partial charge on any atom is -0.437 e. The number of ether oxygens (including phenoxy) is 2. The minimum atomic E-state index is -4.79. The highest BCUT2D eigenvalue weighted by atomic mass is 19.4. The van der Waals surface area contributed by atoms with Crippen LogP contribution in [0.1, 0.15) is 31.9 Å². The Morgan fingerprint density at radius 2 is 1.78 bits per heavy atom. The Labute approximate surface area is 213 Å². The summed E-state index contributed by atoms with van der Waals surface area (Å²) in [6, 6.07) is 13.5. The predicted octanol–water partition coefficient (Wildman–Crippen LogP) is 6.82. The molecule has 0 fully saturated rings. The first-order valence-electron chi connectivity index (χ1n) is 11.8. The maximum Gasteiger partial charge on any atom is 0.573 e. The number of hydrogen-bond donors (Lipinski definition) is 2. The Kier molecular flexibility index (Phi) is 7.58. The Bertz CT molecular complexity index is 1240. The SMILES string of the molecule is CC(C)(C)CN1CCc2cccc(Oc3ncccc3NC(=O)Nc3ccc(OC(F)(F)F)cc3)c2C1. The van der Waals surface area contributed by atoms with Gasteiger partial charge >= 0.3 is 12.4 Å². The molecule has 2 amide bonds. The van der Waals surface area contributed by atoms with Gasteiger partial charge in [0.25, 0.3) is 0 Å². The molecule has 2 aromatic carbocycles. The molecule has 37 heavy (non-hydrogen) atoms. The summed E-state index contributed by atoms with van der Waals surface area (Å²) in [5.74, 6) is 0.528. The van der Waals surface area contributed by atoms with Crippen LogP contribution in [0.5, 0.6) is 17.4 Å². The van der Waals surface area contributed by atoms with Crippen LogP contribution in [-0.2, 0) is 13.0 Å². The van der Waals surface area contributed by atoms with Crippen molar-refractivity contribution < 1.29 is 27.4 Å². The van der Waals surface area contributed by atoms with Crippen molar-refractivity contribution >= 4 is 17.4 Å². The molecular formula is C27H29F3N4O3. The fourth-order valence-corrected chi connectivity index (χ4v) is 4.20. The number of benzene rings is 2. The zero-order chi connectivity index (χ0) is 26.6. The van der Waals surface area contributed by atoms with E-state index < -0.39 is 12.4 Å². The number of fused-ring (bicyclic) bond motifs is 1. The van der Waals surface area contributed by atoms with Crippen LogP contribution in [0.25, 0.3) is 0 Å². The number of alkyl halides is 3. The molecule has 0 atom stereocenters. The lowest BCUT2D eigenvalue weighted by Crippen LogP contribution is -2.37. The van der Waals surface area contributed by atoms with Gasteiger partial charge in [-0.1, -0.05) is 32.9 Å². The molecule has 0 saturated carbocycles. The van der Waals surface area contributed by atoms with E-state index in [0.717, 1.165) is 43.8 Å². The maximum absolute atomic E-state index is 12.6. The van der Waals surface area contributed by atoms with Crippen LogP contribution in [-0.4, -0.2) is 35.4 Å². The Balaban J connectivity index is 1.45. The van der Waals surface area contributed by atoms with E-state index in [-0.39, 0.29) is 22.7 Å². The van der Waals surface area contributed by atoms with Gasteiger partial charge < -0.3 is 20.1 Å². The molecule has 0 bridgehead atoms. The molecule has 1 aliphatic heterocycles. The largest absolute Gasteiger partial charge is 0.573 e. The number of pyridine rings is 1. The van der Waals surface area contributed by atoms with E-state index in [4.69, 9.17) is 4.74 Å². The summed E-state index contributed by atoms with van der Waals surface area (Å²) < 4.78 is 47.1. The molecule has 0 spiro atoms. The van der Waals surface area contributed by atoms with Gasteiger partial charge in [0.1, 0.15) is 17.2 Å². The molecule has 0 unspecified atom stereocenters. The average Bonchev–Trinajstić information content (AvgIpc) is 2.80. The lowest BCUT2D eigenvalue weighted by molar-refractivity contribution is -0.274. The van der Waals surface area contributed by atoms with Gasteiger partial charge in [-0.15, -0.1) is 13.2 Å². The second-order valence-electron chi connectivity index (χ2n) is 10.0. The molecule has 1 aliphatic rings. The van der Waals surface area contributed by atoms with Crippen LogP contribution in [0.2, 0.25) is 0 Å². The fourth-order valence-electron chi connectivity index (χ4n) is 4.20. The number of anilines is 2. The van der Waals surface area contributed by atoms with E-state index in [9.17, 15) is 18.0 Å². The molecule has 0 radical (unpaired) electrons. The summed E-state index contributed by atoms with van der Waals surface area (Å²) >= 11 is 0. The Hall–Kier alpha value is -3.79. The molecule has 2 N–H and O–H groups in total. The topological polar surface area (TPSA) is 75.7 Å². The summed E-state index contributed by atoms with van der Waals surface area (Å²) in [4.78, 5) is 19.3. The van der Waals surface area contributed by atoms with Crippen molar-refractivity contribution in [1.29, 1.82) is 0 Å². The highest BCUT2D eigenvalue weighted by Crippen LogP contribution is 2.34. The first-order valence-corrected chi connectivity index (χ1v) is 11.8. The first-order chi connectivity index (χ1) is 17.4. The Morgan fingerprint density at radius 1 is 1.03 bits per heavy atom. The lowest BCUT2D eigenvalue weighted by atomic mass is 9.93. The molecule has 0 aliphatic carbocycles. The quantitative estimate of drug-likeness (QED) is 0.378. The summed E-state index contributed by atoms with van der Waals surface area (Å²) in [5.41, 5.74) is 3.13. The van der Waals surface area contributed by atoms with E-state index in [0.29, 0.717) is 11.4 Å². The van der Waals surface area contributed by atoms with Crippen LogP contribution < -0.4 is 20.1 Å². The van der Waals surface area contributed by atoms with Gasteiger partial charge in [-0.3, -0.25) is 4.90 Å². The average molecular weight is 515 g/mol. The smallest absolute Gasteiger partial charge is 0.437 e. The van der Waals surface area contributed by atoms with Crippen molar-refractivity contribution in [1.82, 2.24) is 9.88 Å². The molecule has 10 heteroatoms. The normalized spacial score (nSPS) is 14.0. The van der Waals surface area contributed by atoms with Crippen LogP contribution in [0, 0.1) is 5.41 Å². The summed E-state index contributed by atoms with van der Waals surface area (Å²) in [6.45, 7) is 9.34.